The van der Waals surface area contributed by atoms with Crippen molar-refractivity contribution in [1.82, 2.24) is 5.32 Å². The van der Waals surface area contributed by atoms with E-state index in [4.69, 9.17) is 0 Å². The molecule has 0 heterocycles. The molecule has 0 spiro atoms. The van der Waals surface area contributed by atoms with Crippen LogP contribution in [0.4, 0.5) is 0 Å². The van der Waals surface area contributed by atoms with Crippen LogP contribution in [-0.2, 0) is 0 Å². The van der Waals surface area contributed by atoms with Crippen LogP contribution in [0.25, 0.3) is 0 Å². The molecule has 0 aromatic rings. The van der Waals surface area contributed by atoms with Crippen molar-refractivity contribution in [2.45, 2.75) is 57.9 Å². The van der Waals surface area contributed by atoms with Gasteiger partial charge in [0.15, 0.2) is 0 Å². The first-order valence-corrected chi connectivity index (χ1v) is 5.37. The van der Waals surface area contributed by atoms with Crippen molar-refractivity contribution in [3.05, 3.63) is 0 Å². The third kappa shape index (κ3) is 1.52. The minimum Gasteiger partial charge on any atom is -0.311 e. The molecule has 12 heavy (non-hydrogen) atoms. The van der Waals surface area contributed by atoms with Crippen LogP contribution in [0.2, 0.25) is 0 Å². The molecule has 1 nitrogen and oxygen atoms in total. The van der Waals surface area contributed by atoms with Crippen LogP contribution in [0, 0.1) is 5.41 Å². The normalized spacial score (nSPS) is 30.5. The molecule has 1 heteroatoms. The Morgan fingerprint density at radius 1 is 1.00 bits per heavy atom. The molecule has 0 atom stereocenters. The molecule has 2 saturated carbocycles. The largest absolute Gasteiger partial charge is 0.311 e. The van der Waals surface area contributed by atoms with Gasteiger partial charge in [0.25, 0.3) is 0 Å². The maximum Gasteiger partial charge on any atom is 0.0153 e. The molecule has 0 saturated heterocycles. The summed E-state index contributed by atoms with van der Waals surface area (Å²) in [5.41, 5.74) is 1.16. The van der Waals surface area contributed by atoms with Crippen molar-refractivity contribution in [2.24, 2.45) is 5.41 Å². The summed E-state index contributed by atoms with van der Waals surface area (Å²) in [6, 6.07) is 0. The van der Waals surface area contributed by atoms with Crippen molar-refractivity contribution in [3.8, 4) is 0 Å². The molecule has 0 bridgehead atoms. The molecule has 1 N–H and O–H groups in total. The van der Waals surface area contributed by atoms with Crippen molar-refractivity contribution >= 4 is 0 Å². The lowest BCUT2D eigenvalue weighted by Gasteiger charge is -2.45. The molecule has 2 fully saturated rings. The molecular weight excluding hydrogens is 146 g/mol. The van der Waals surface area contributed by atoms with Gasteiger partial charge in [-0.05, 0) is 44.4 Å². The Morgan fingerprint density at radius 2 is 1.58 bits per heavy atom. The summed E-state index contributed by atoms with van der Waals surface area (Å²) in [5, 5.41) is 3.74. The van der Waals surface area contributed by atoms with Gasteiger partial charge in [0.05, 0.1) is 0 Å². The summed E-state index contributed by atoms with van der Waals surface area (Å²) in [6.07, 6.45) is 8.55. The van der Waals surface area contributed by atoms with Crippen molar-refractivity contribution in [1.29, 1.82) is 0 Å². The highest BCUT2D eigenvalue weighted by molar-refractivity contribution is 4.95. The topological polar surface area (TPSA) is 12.0 Å². The first-order valence-electron chi connectivity index (χ1n) is 5.37. The molecule has 0 radical (unpaired) electrons. The summed E-state index contributed by atoms with van der Waals surface area (Å²) < 4.78 is 0. The van der Waals surface area contributed by atoms with E-state index in [0.29, 0.717) is 11.0 Å². The first kappa shape index (κ1) is 8.55. The summed E-state index contributed by atoms with van der Waals surface area (Å²) in [4.78, 5) is 0. The Morgan fingerprint density at radius 3 is 1.92 bits per heavy atom. The van der Waals surface area contributed by atoms with E-state index in [0.717, 1.165) is 0 Å². The fourth-order valence-electron chi connectivity index (χ4n) is 2.27. The molecule has 0 aromatic carbocycles. The van der Waals surface area contributed by atoms with E-state index in [-0.39, 0.29) is 0 Å². The molecule has 0 aliphatic heterocycles. The summed E-state index contributed by atoms with van der Waals surface area (Å²) in [5.74, 6) is 0. The predicted octanol–water partition coefficient (Wildman–Crippen LogP) is 2.71. The Hall–Kier alpha value is -0.0400. The van der Waals surface area contributed by atoms with Gasteiger partial charge in [-0.25, -0.2) is 0 Å². The number of hydrogen-bond donors (Lipinski definition) is 1. The van der Waals surface area contributed by atoms with E-state index in [1.54, 1.807) is 0 Å². The fourth-order valence-corrected chi connectivity index (χ4v) is 2.27. The van der Waals surface area contributed by atoms with Crippen LogP contribution in [-0.4, -0.2) is 12.1 Å². The van der Waals surface area contributed by atoms with Crippen molar-refractivity contribution in [2.75, 3.05) is 6.54 Å². The zero-order valence-corrected chi connectivity index (χ0v) is 8.45. The van der Waals surface area contributed by atoms with E-state index in [1.165, 1.54) is 45.1 Å². The summed E-state index contributed by atoms with van der Waals surface area (Å²) >= 11 is 0. The predicted molar refractivity (Wildman–Crippen MR) is 52.2 cm³/mol. The van der Waals surface area contributed by atoms with E-state index in [2.05, 4.69) is 19.2 Å². The molecule has 2 rings (SSSR count). The molecular formula is C11H21N. The second-order valence-corrected chi connectivity index (χ2v) is 5.43. The molecule has 0 aromatic heterocycles. The van der Waals surface area contributed by atoms with Crippen molar-refractivity contribution in [3.63, 3.8) is 0 Å². The Bertz CT molecular complexity index is 146. The maximum absolute atomic E-state index is 3.74. The van der Waals surface area contributed by atoms with Gasteiger partial charge in [-0.3, -0.25) is 0 Å². The average molecular weight is 167 g/mol. The lowest BCUT2D eigenvalue weighted by Crippen LogP contribution is -2.52. The smallest absolute Gasteiger partial charge is 0.0153 e. The quantitative estimate of drug-likeness (QED) is 0.681. The molecule has 0 unspecified atom stereocenters. The van der Waals surface area contributed by atoms with Crippen LogP contribution >= 0.6 is 0 Å². The third-order valence-electron chi connectivity index (χ3n) is 3.96. The maximum atomic E-state index is 3.74. The monoisotopic (exact) mass is 167 g/mol. The lowest BCUT2D eigenvalue weighted by molar-refractivity contribution is 0.112. The second-order valence-electron chi connectivity index (χ2n) is 5.43. The van der Waals surface area contributed by atoms with Gasteiger partial charge in [-0.2, -0.15) is 0 Å². The van der Waals surface area contributed by atoms with Gasteiger partial charge in [-0.1, -0.05) is 13.3 Å². The van der Waals surface area contributed by atoms with Crippen LogP contribution < -0.4 is 5.32 Å². The van der Waals surface area contributed by atoms with Gasteiger partial charge >= 0.3 is 0 Å². The van der Waals surface area contributed by atoms with E-state index >= 15 is 0 Å². The standard InChI is InChI=1S/C11H21N/c1-10(5-3-6-10)9-12-11(2)7-4-8-11/h12H,3-9H2,1-2H3. The lowest BCUT2D eigenvalue weighted by atomic mass is 9.69. The van der Waals surface area contributed by atoms with E-state index in [1.807, 2.05) is 0 Å². The number of rotatable bonds is 3. The van der Waals surface area contributed by atoms with E-state index in [9.17, 15) is 0 Å². The SMILES string of the molecule is CC1(CNC2(C)CCC2)CCC1. The molecule has 2 aliphatic rings. The zero-order valence-electron chi connectivity index (χ0n) is 8.45. The average Bonchev–Trinajstić information content (AvgIpc) is 1.93. The third-order valence-corrected chi connectivity index (χ3v) is 3.96. The Kier molecular flexibility index (Phi) is 1.95. The van der Waals surface area contributed by atoms with Crippen LogP contribution in [0.15, 0.2) is 0 Å². The molecule has 0 amide bonds. The second kappa shape index (κ2) is 2.73. The Balaban J connectivity index is 1.74. The van der Waals surface area contributed by atoms with Gasteiger partial charge in [0.2, 0.25) is 0 Å². The van der Waals surface area contributed by atoms with Gasteiger partial charge in [0, 0.05) is 12.1 Å². The highest BCUT2D eigenvalue weighted by Crippen LogP contribution is 2.41. The van der Waals surface area contributed by atoms with Gasteiger partial charge < -0.3 is 5.32 Å². The minimum atomic E-state index is 0.513. The Labute approximate surface area is 75.9 Å². The van der Waals surface area contributed by atoms with Crippen LogP contribution in [0.5, 0.6) is 0 Å². The first-order chi connectivity index (χ1) is 5.62. The number of nitrogens with one attached hydrogen (secondary N) is 1. The van der Waals surface area contributed by atoms with Gasteiger partial charge in [0.1, 0.15) is 0 Å². The minimum absolute atomic E-state index is 0.513. The number of hydrogen-bond acceptors (Lipinski definition) is 1. The molecule has 70 valence electrons. The van der Waals surface area contributed by atoms with Crippen LogP contribution in [0.3, 0.4) is 0 Å². The summed E-state index contributed by atoms with van der Waals surface area (Å²) in [7, 11) is 0. The highest BCUT2D eigenvalue weighted by Gasteiger charge is 2.36. The van der Waals surface area contributed by atoms with Gasteiger partial charge in [-0.15, -0.1) is 0 Å². The van der Waals surface area contributed by atoms with Crippen LogP contribution in [0.1, 0.15) is 52.4 Å². The van der Waals surface area contributed by atoms with Crippen molar-refractivity contribution < 1.29 is 0 Å². The zero-order chi connectivity index (χ0) is 8.66. The van der Waals surface area contributed by atoms with E-state index < -0.39 is 0 Å². The highest BCUT2D eigenvalue weighted by atomic mass is 15.0. The summed E-state index contributed by atoms with van der Waals surface area (Å²) in [6.45, 7) is 6.05. The fraction of sp³-hybridized carbons (Fsp3) is 1.00. The molecule has 2 aliphatic carbocycles.